The molecule has 4 rings (SSSR count). The number of aromatic nitrogens is 1. The average Bonchev–Trinajstić information content (AvgIpc) is 2.91. The number of ether oxygens (including phenoxy) is 3. The Hall–Kier alpha value is -3.74. The number of nitrogens with zero attached hydrogens (tertiary/aromatic N) is 1. The number of carbonyl (C=O) groups is 1. The van der Waals surface area contributed by atoms with Crippen molar-refractivity contribution in [3.8, 4) is 17.2 Å². The summed E-state index contributed by atoms with van der Waals surface area (Å²) in [6, 6.07) is 20.5. The molecule has 0 aliphatic carbocycles. The summed E-state index contributed by atoms with van der Waals surface area (Å²) in [6.45, 7) is 2.62. The largest absolute Gasteiger partial charge is 0.497 e. The number of hydrogen-bond acceptors (Lipinski definition) is 5. The lowest BCUT2D eigenvalue weighted by Gasteiger charge is -2.15. The fourth-order valence-electron chi connectivity index (χ4n) is 3.58. The fraction of sp³-hybridized carbons (Fsp3) is 0.172. The molecule has 190 valence electrons. The lowest BCUT2D eigenvalue weighted by atomic mass is 10.2. The van der Waals surface area contributed by atoms with E-state index in [1.165, 1.54) is 6.08 Å². The van der Waals surface area contributed by atoms with Crippen LogP contribution in [0.15, 0.2) is 72.8 Å². The fourth-order valence-corrected chi connectivity index (χ4v) is 4.12. The molecule has 1 N–H and O–H groups in total. The van der Waals surface area contributed by atoms with Crippen LogP contribution in [-0.2, 0) is 11.4 Å². The third-order valence-electron chi connectivity index (χ3n) is 5.55. The molecule has 0 bridgehead atoms. The first-order valence-corrected chi connectivity index (χ1v) is 12.4. The quantitative estimate of drug-likeness (QED) is 0.181. The van der Waals surface area contributed by atoms with Crippen molar-refractivity contribution in [2.24, 2.45) is 0 Å². The van der Waals surface area contributed by atoms with E-state index in [4.69, 9.17) is 37.4 Å². The third-order valence-corrected chi connectivity index (χ3v) is 6.32. The second kappa shape index (κ2) is 12.5. The minimum atomic E-state index is -0.227. The van der Waals surface area contributed by atoms with Gasteiger partial charge in [0.2, 0.25) is 5.91 Å². The summed E-state index contributed by atoms with van der Waals surface area (Å²) in [5, 5.41) is 4.60. The predicted octanol–water partition coefficient (Wildman–Crippen LogP) is 6.65. The van der Waals surface area contributed by atoms with Crippen LogP contribution in [-0.4, -0.2) is 31.2 Å². The molecule has 1 heterocycles. The van der Waals surface area contributed by atoms with Crippen molar-refractivity contribution in [2.45, 2.75) is 13.5 Å². The van der Waals surface area contributed by atoms with Gasteiger partial charge in [0.25, 0.3) is 0 Å². The van der Waals surface area contributed by atoms with Gasteiger partial charge >= 0.3 is 0 Å². The highest BCUT2D eigenvalue weighted by atomic mass is 35.5. The Morgan fingerprint density at radius 1 is 0.973 bits per heavy atom. The van der Waals surface area contributed by atoms with Crippen molar-refractivity contribution in [1.82, 2.24) is 10.3 Å². The molecule has 0 aliphatic heterocycles. The Kier molecular flexibility index (Phi) is 8.88. The molecule has 4 aromatic rings. The van der Waals surface area contributed by atoms with E-state index in [1.807, 2.05) is 61.5 Å². The molecule has 1 amide bonds. The number of pyridine rings is 1. The van der Waals surface area contributed by atoms with Crippen molar-refractivity contribution < 1.29 is 19.0 Å². The minimum absolute atomic E-state index is 0.149. The van der Waals surface area contributed by atoms with E-state index in [-0.39, 0.29) is 19.1 Å². The standard InChI is InChI=1S/C29H26Cl2N2O4/c1-19-6-10-21-4-3-5-26(29(21)33-19)37-18-23-24(30)13-14-25(28(23)31)36-17-16-32-27(34)15-9-20-7-11-22(35-2)12-8-20/h3-15H,16-18H2,1-2H3,(H,32,34)/b15-9+. The Bertz CT molecular complexity index is 1420. The van der Waals surface area contributed by atoms with Crippen LogP contribution < -0.4 is 19.5 Å². The van der Waals surface area contributed by atoms with Crippen molar-refractivity contribution in [2.75, 3.05) is 20.3 Å². The van der Waals surface area contributed by atoms with Gasteiger partial charge in [-0.25, -0.2) is 4.98 Å². The first kappa shape index (κ1) is 26.3. The normalized spacial score (nSPS) is 11.0. The second-order valence-corrected chi connectivity index (χ2v) is 8.94. The highest BCUT2D eigenvalue weighted by molar-refractivity contribution is 6.36. The van der Waals surface area contributed by atoms with Crippen LogP contribution in [0.5, 0.6) is 17.2 Å². The van der Waals surface area contributed by atoms with Gasteiger partial charge in [-0.15, -0.1) is 0 Å². The zero-order valence-corrected chi connectivity index (χ0v) is 22.0. The molecule has 8 heteroatoms. The molecular weight excluding hydrogens is 511 g/mol. The maximum atomic E-state index is 12.1. The zero-order valence-electron chi connectivity index (χ0n) is 20.5. The van der Waals surface area contributed by atoms with Gasteiger partial charge in [-0.1, -0.05) is 53.5 Å². The molecule has 37 heavy (non-hydrogen) atoms. The Morgan fingerprint density at radius 2 is 1.78 bits per heavy atom. The number of hydrogen-bond donors (Lipinski definition) is 1. The maximum Gasteiger partial charge on any atom is 0.244 e. The number of fused-ring (bicyclic) bond motifs is 1. The van der Waals surface area contributed by atoms with Gasteiger partial charge in [-0.3, -0.25) is 4.79 Å². The number of rotatable bonds is 10. The van der Waals surface area contributed by atoms with Crippen LogP contribution in [0.25, 0.3) is 17.0 Å². The molecule has 3 aromatic carbocycles. The Labute approximate surface area is 225 Å². The summed E-state index contributed by atoms with van der Waals surface area (Å²) in [5.74, 6) is 1.63. The van der Waals surface area contributed by atoms with Gasteiger partial charge in [0.15, 0.2) is 0 Å². The molecule has 0 fully saturated rings. The highest BCUT2D eigenvalue weighted by Gasteiger charge is 2.14. The number of para-hydroxylation sites is 1. The SMILES string of the molecule is COc1ccc(/C=C/C(=O)NCCOc2ccc(Cl)c(COc3cccc4ccc(C)nc34)c2Cl)cc1. The van der Waals surface area contributed by atoms with Crippen molar-refractivity contribution in [3.05, 3.63) is 99.7 Å². The first-order valence-electron chi connectivity index (χ1n) is 11.6. The number of nitrogens with one attached hydrogen (secondary N) is 1. The summed E-state index contributed by atoms with van der Waals surface area (Å²) < 4.78 is 17.0. The Balaban J connectivity index is 1.32. The molecule has 1 aromatic heterocycles. The molecule has 0 aliphatic rings. The van der Waals surface area contributed by atoms with Crippen LogP contribution >= 0.6 is 23.2 Å². The van der Waals surface area contributed by atoms with E-state index in [0.29, 0.717) is 33.7 Å². The van der Waals surface area contributed by atoms with E-state index in [1.54, 1.807) is 25.3 Å². The van der Waals surface area contributed by atoms with Gasteiger partial charge in [0.1, 0.15) is 36.0 Å². The number of methoxy groups -OCH3 is 1. The van der Waals surface area contributed by atoms with Gasteiger partial charge in [-0.2, -0.15) is 0 Å². The average molecular weight is 537 g/mol. The van der Waals surface area contributed by atoms with Crippen molar-refractivity contribution in [3.63, 3.8) is 0 Å². The van der Waals surface area contributed by atoms with Crippen LogP contribution in [0.1, 0.15) is 16.8 Å². The maximum absolute atomic E-state index is 12.1. The van der Waals surface area contributed by atoms with Crippen molar-refractivity contribution in [1.29, 1.82) is 0 Å². The summed E-state index contributed by atoms with van der Waals surface area (Å²) in [7, 11) is 1.61. The van der Waals surface area contributed by atoms with Crippen LogP contribution in [0.4, 0.5) is 0 Å². The summed E-state index contributed by atoms with van der Waals surface area (Å²) >= 11 is 13.0. The molecule has 6 nitrogen and oxygen atoms in total. The smallest absolute Gasteiger partial charge is 0.244 e. The predicted molar refractivity (Wildman–Crippen MR) is 148 cm³/mol. The number of carbonyl (C=O) groups excluding carboxylic acids is 1. The Morgan fingerprint density at radius 3 is 2.57 bits per heavy atom. The molecular formula is C29H26Cl2N2O4. The van der Waals surface area contributed by atoms with Crippen LogP contribution in [0, 0.1) is 6.92 Å². The summed E-state index contributed by atoms with van der Waals surface area (Å²) in [6.07, 6.45) is 3.20. The summed E-state index contributed by atoms with van der Waals surface area (Å²) in [5.41, 5.74) is 3.18. The molecule has 0 saturated carbocycles. The molecule has 0 radical (unpaired) electrons. The van der Waals surface area contributed by atoms with Gasteiger partial charge < -0.3 is 19.5 Å². The van der Waals surface area contributed by atoms with E-state index >= 15 is 0 Å². The lowest BCUT2D eigenvalue weighted by Crippen LogP contribution is -2.26. The van der Waals surface area contributed by atoms with Crippen LogP contribution in [0.2, 0.25) is 10.0 Å². The number of benzene rings is 3. The third kappa shape index (κ3) is 6.94. The number of amides is 1. The molecule has 0 spiro atoms. The van der Waals surface area contributed by atoms with E-state index in [9.17, 15) is 4.79 Å². The zero-order chi connectivity index (χ0) is 26.2. The van der Waals surface area contributed by atoms with Gasteiger partial charge in [0.05, 0.1) is 18.7 Å². The topological polar surface area (TPSA) is 69.7 Å². The number of halogens is 2. The van der Waals surface area contributed by atoms with Crippen molar-refractivity contribution >= 4 is 46.1 Å². The van der Waals surface area contributed by atoms with Crippen LogP contribution in [0.3, 0.4) is 0 Å². The highest BCUT2D eigenvalue weighted by Crippen LogP contribution is 2.35. The monoisotopic (exact) mass is 536 g/mol. The van der Waals surface area contributed by atoms with E-state index < -0.39 is 0 Å². The summed E-state index contributed by atoms with van der Waals surface area (Å²) in [4.78, 5) is 16.7. The van der Waals surface area contributed by atoms with Gasteiger partial charge in [0, 0.05) is 27.7 Å². The minimum Gasteiger partial charge on any atom is -0.497 e. The lowest BCUT2D eigenvalue weighted by molar-refractivity contribution is -0.116. The van der Waals surface area contributed by atoms with E-state index in [2.05, 4.69) is 10.3 Å². The molecule has 0 saturated heterocycles. The molecule has 0 unspecified atom stereocenters. The second-order valence-electron chi connectivity index (χ2n) is 8.15. The number of aryl methyl sites for hydroxylation is 1. The van der Waals surface area contributed by atoms with Gasteiger partial charge in [-0.05, 0) is 55.0 Å². The first-order chi connectivity index (χ1) is 17.9. The van der Waals surface area contributed by atoms with E-state index in [0.717, 1.165) is 27.9 Å². The molecule has 0 atom stereocenters.